The van der Waals surface area contributed by atoms with Crippen molar-refractivity contribution in [1.82, 2.24) is 10.6 Å². The Bertz CT molecular complexity index is 962. The molecule has 1 heterocycles. The zero-order valence-corrected chi connectivity index (χ0v) is 18.0. The molecule has 0 aromatic heterocycles. The van der Waals surface area contributed by atoms with Gasteiger partial charge < -0.3 is 29.6 Å². The van der Waals surface area contributed by atoms with Crippen LogP contribution >= 0.6 is 0 Å². The minimum absolute atomic E-state index is 0.218. The normalized spacial score (nSPS) is 15.6. The molecule has 2 amide bonds. The Labute approximate surface area is 181 Å². The third-order valence-electron chi connectivity index (χ3n) is 4.98. The Morgan fingerprint density at radius 3 is 2.23 bits per heavy atom. The molecule has 0 bridgehead atoms. The minimum atomic E-state index is -0.744. The zero-order chi connectivity index (χ0) is 22.4. The second-order valence-electron chi connectivity index (χ2n) is 6.90. The molecule has 2 N–H and O–H groups in total. The lowest BCUT2D eigenvalue weighted by atomic mass is 9.95. The molecule has 1 aliphatic rings. The third kappa shape index (κ3) is 4.91. The van der Waals surface area contributed by atoms with Crippen LogP contribution in [0.25, 0.3) is 0 Å². The highest BCUT2D eigenvalue weighted by molar-refractivity contribution is 5.95. The molecule has 2 aromatic carbocycles. The molecule has 1 atom stereocenters. The number of amides is 2. The fraction of sp³-hybridized carbons (Fsp3) is 0.304. The van der Waals surface area contributed by atoms with E-state index in [4.69, 9.17) is 18.9 Å². The summed E-state index contributed by atoms with van der Waals surface area (Å²) in [6.07, 6.45) is 0.591. The lowest BCUT2D eigenvalue weighted by molar-refractivity contribution is -0.139. The van der Waals surface area contributed by atoms with E-state index in [-0.39, 0.29) is 6.61 Å². The molecule has 0 saturated carbocycles. The first-order valence-electron chi connectivity index (χ1n) is 9.77. The van der Waals surface area contributed by atoms with Gasteiger partial charge in [-0.2, -0.15) is 0 Å². The minimum Gasteiger partial charge on any atom is -0.493 e. The summed E-state index contributed by atoms with van der Waals surface area (Å²) in [5, 5.41) is 5.42. The summed E-state index contributed by atoms with van der Waals surface area (Å²) < 4.78 is 21.7. The van der Waals surface area contributed by atoms with E-state index in [1.54, 1.807) is 19.1 Å². The quantitative estimate of drug-likeness (QED) is 0.630. The maximum atomic E-state index is 13.0. The van der Waals surface area contributed by atoms with E-state index < -0.39 is 18.0 Å². The molecule has 0 radical (unpaired) electrons. The van der Waals surface area contributed by atoms with Crippen LogP contribution in [0.2, 0.25) is 0 Å². The highest BCUT2D eigenvalue weighted by Gasteiger charge is 2.33. The van der Waals surface area contributed by atoms with Crippen molar-refractivity contribution >= 4 is 12.0 Å². The van der Waals surface area contributed by atoms with Crippen LogP contribution in [-0.2, 0) is 16.0 Å². The molecular weight excluding hydrogens is 400 g/mol. The van der Waals surface area contributed by atoms with Crippen LogP contribution in [0.5, 0.6) is 17.2 Å². The molecule has 8 heteroatoms. The van der Waals surface area contributed by atoms with Gasteiger partial charge in [0, 0.05) is 12.1 Å². The van der Waals surface area contributed by atoms with Gasteiger partial charge in [0.1, 0.15) is 0 Å². The van der Waals surface area contributed by atoms with Crippen molar-refractivity contribution in [3.63, 3.8) is 0 Å². The average molecular weight is 426 g/mol. The van der Waals surface area contributed by atoms with Crippen molar-refractivity contribution in [2.24, 2.45) is 0 Å². The number of urea groups is 1. The van der Waals surface area contributed by atoms with Crippen molar-refractivity contribution in [2.75, 3.05) is 27.9 Å². The summed E-state index contributed by atoms with van der Waals surface area (Å²) in [6.45, 7) is 1.88. The Morgan fingerprint density at radius 1 is 1.00 bits per heavy atom. The van der Waals surface area contributed by atoms with Crippen LogP contribution in [-0.4, -0.2) is 39.9 Å². The molecule has 3 rings (SSSR count). The van der Waals surface area contributed by atoms with Crippen LogP contribution < -0.4 is 24.8 Å². The van der Waals surface area contributed by atoms with Gasteiger partial charge in [0.25, 0.3) is 0 Å². The number of rotatable bonds is 8. The smallest absolute Gasteiger partial charge is 0.338 e. The number of esters is 1. The van der Waals surface area contributed by atoms with Crippen molar-refractivity contribution in [1.29, 1.82) is 0 Å². The Kier molecular flexibility index (Phi) is 7.02. The summed E-state index contributed by atoms with van der Waals surface area (Å²) in [4.78, 5) is 25.1. The fourth-order valence-corrected chi connectivity index (χ4v) is 3.47. The van der Waals surface area contributed by atoms with Crippen LogP contribution in [0.15, 0.2) is 53.7 Å². The molecule has 164 valence electrons. The van der Waals surface area contributed by atoms with E-state index in [1.807, 2.05) is 30.3 Å². The first kappa shape index (κ1) is 22.0. The summed E-state index contributed by atoms with van der Waals surface area (Å²) in [6, 6.07) is 12.0. The van der Waals surface area contributed by atoms with Gasteiger partial charge in [0.05, 0.1) is 39.6 Å². The zero-order valence-electron chi connectivity index (χ0n) is 18.0. The van der Waals surface area contributed by atoms with Gasteiger partial charge in [-0.15, -0.1) is 0 Å². The molecule has 2 aromatic rings. The van der Waals surface area contributed by atoms with Crippen LogP contribution in [0.3, 0.4) is 0 Å². The summed E-state index contributed by atoms with van der Waals surface area (Å²) >= 11 is 0. The predicted molar refractivity (Wildman–Crippen MR) is 114 cm³/mol. The molecule has 8 nitrogen and oxygen atoms in total. The largest absolute Gasteiger partial charge is 0.493 e. The number of hydrogen-bond donors (Lipinski definition) is 2. The number of hydrogen-bond acceptors (Lipinski definition) is 6. The molecule has 1 unspecified atom stereocenters. The Morgan fingerprint density at radius 2 is 1.65 bits per heavy atom. The average Bonchev–Trinajstić information content (AvgIpc) is 2.78. The van der Waals surface area contributed by atoms with Crippen molar-refractivity contribution < 1.29 is 28.5 Å². The van der Waals surface area contributed by atoms with Gasteiger partial charge >= 0.3 is 12.0 Å². The van der Waals surface area contributed by atoms with Crippen molar-refractivity contribution in [3.05, 3.63) is 64.9 Å². The fourth-order valence-electron chi connectivity index (χ4n) is 3.47. The number of methoxy groups -OCH3 is 3. The van der Waals surface area contributed by atoms with Gasteiger partial charge in [-0.1, -0.05) is 30.3 Å². The topological polar surface area (TPSA) is 95.1 Å². The number of ether oxygens (including phenoxy) is 4. The van der Waals surface area contributed by atoms with E-state index >= 15 is 0 Å². The number of allylic oxidation sites excluding steroid dienone is 1. The summed E-state index contributed by atoms with van der Waals surface area (Å²) in [5.41, 5.74) is 2.39. The van der Waals surface area contributed by atoms with E-state index in [2.05, 4.69) is 10.6 Å². The molecule has 31 heavy (non-hydrogen) atoms. The second-order valence-corrected chi connectivity index (χ2v) is 6.90. The molecule has 0 fully saturated rings. The predicted octanol–water partition coefficient (Wildman–Crippen LogP) is 3.13. The highest BCUT2D eigenvalue weighted by atomic mass is 16.5. The van der Waals surface area contributed by atoms with E-state index in [9.17, 15) is 9.59 Å². The van der Waals surface area contributed by atoms with Gasteiger partial charge in [-0.3, -0.25) is 0 Å². The number of carbonyl (C=O) groups excluding carboxylic acids is 2. The summed E-state index contributed by atoms with van der Waals surface area (Å²) in [7, 11) is 4.51. The second kappa shape index (κ2) is 9.88. The van der Waals surface area contributed by atoms with Crippen LogP contribution in [0.4, 0.5) is 4.79 Å². The number of benzene rings is 2. The SMILES string of the molecule is COc1cc(C2NC(=O)NC(C)=C2C(=O)OCCc2ccccc2)cc(OC)c1OC. The lowest BCUT2D eigenvalue weighted by Crippen LogP contribution is -2.45. The van der Waals surface area contributed by atoms with E-state index in [0.717, 1.165) is 5.56 Å². The van der Waals surface area contributed by atoms with E-state index in [1.165, 1.54) is 21.3 Å². The standard InChI is InChI=1S/C23H26N2O6/c1-14-19(22(26)31-11-10-15-8-6-5-7-9-15)20(25-23(27)24-14)16-12-17(28-2)21(30-4)18(13-16)29-3/h5-9,12-13,20H,10-11H2,1-4H3,(H2,24,25,27). The third-order valence-corrected chi connectivity index (χ3v) is 4.98. The van der Waals surface area contributed by atoms with Gasteiger partial charge in [0.15, 0.2) is 11.5 Å². The van der Waals surface area contributed by atoms with Crippen LogP contribution in [0, 0.1) is 0 Å². The van der Waals surface area contributed by atoms with Gasteiger partial charge in [-0.25, -0.2) is 9.59 Å². The Hall–Kier alpha value is -3.68. The maximum absolute atomic E-state index is 13.0. The molecule has 0 saturated heterocycles. The highest BCUT2D eigenvalue weighted by Crippen LogP contribution is 2.41. The molecule has 1 aliphatic heterocycles. The number of nitrogens with one attached hydrogen (secondary N) is 2. The van der Waals surface area contributed by atoms with Crippen LogP contribution in [0.1, 0.15) is 24.1 Å². The lowest BCUT2D eigenvalue weighted by Gasteiger charge is -2.29. The molecule has 0 aliphatic carbocycles. The van der Waals surface area contributed by atoms with Crippen molar-refractivity contribution in [2.45, 2.75) is 19.4 Å². The molecular formula is C23H26N2O6. The monoisotopic (exact) mass is 426 g/mol. The maximum Gasteiger partial charge on any atom is 0.338 e. The molecule has 0 spiro atoms. The van der Waals surface area contributed by atoms with E-state index in [0.29, 0.717) is 40.5 Å². The van der Waals surface area contributed by atoms with Gasteiger partial charge in [-0.05, 0) is 30.2 Å². The number of carbonyl (C=O) groups is 2. The first-order valence-corrected chi connectivity index (χ1v) is 9.77. The summed E-state index contributed by atoms with van der Waals surface area (Å²) in [5.74, 6) is 0.736. The van der Waals surface area contributed by atoms with Gasteiger partial charge in [0.2, 0.25) is 5.75 Å². The van der Waals surface area contributed by atoms with Crippen molar-refractivity contribution in [3.8, 4) is 17.2 Å². The first-order chi connectivity index (χ1) is 15.0. The Balaban J connectivity index is 1.88.